The van der Waals surface area contributed by atoms with E-state index in [0.29, 0.717) is 17.3 Å². The van der Waals surface area contributed by atoms with E-state index >= 15 is 0 Å². The second-order valence-corrected chi connectivity index (χ2v) is 8.98. The number of aromatic nitrogens is 2. The highest BCUT2D eigenvalue weighted by Crippen LogP contribution is 2.28. The van der Waals surface area contributed by atoms with Crippen molar-refractivity contribution in [3.63, 3.8) is 0 Å². The number of hydrogen-bond donors (Lipinski definition) is 2. The Labute approximate surface area is 199 Å². The number of carbonyl (C=O) groups is 1. The quantitative estimate of drug-likeness (QED) is 0.351. The molecule has 0 spiro atoms. The molecule has 0 bridgehead atoms. The molecule has 0 fully saturated rings. The average Bonchev–Trinajstić information content (AvgIpc) is 2.79. The molecule has 3 aromatic rings. The van der Waals surface area contributed by atoms with Gasteiger partial charge in [-0.2, -0.15) is 15.5 Å². The molecule has 3 rings (SSSR count). The summed E-state index contributed by atoms with van der Waals surface area (Å²) in [4.78, 5) is 21.3. The third kappa shape index (κ3) is 5.85. The third-order valence-electron chi connectivity index (χ3n) is 5.09. The number of rotatable bonds is 6. The summed E-state index contributed by atoms with van der Waals surface area (Å²) in [7, 11) is 0. The number of aryl methyl sites for hydroxylation is 2. The smallest absolute Gasteiger partial charge is 0.229 e. The SMILES string of the molecule is Cc1cc(C=C(C#N)C(=O)C(C)(C)C)cc(C)c1Nc1ccnc(Nc2ccc(C#N)cc2)n1. The number of ketones is 1. The molecule has 2 N–H and O–H groups in total. The van der Waals surface area contributed by atoms with E-state index in [0.717, 1.165) is 28.1 Å². The zero-order valence-electron chi connectivity index (χ0n) is 19.9. The molecule has 0 radical (unpaired) electrons. The molecule has 0 atom stereocenters. The summed E-state index contributed by atoms with van der Waals surface area (Å²) in [5.41, 5.74) is 4.46. The fourth-order valence-corrected chi connectivity index (χ4v) is 3.37. The molecule has 0 amide bonds. The largest absolute Gasteiger partial charge is 0.340 e. The van der Waals surface area contributed by atoms with Gasteiger partial charge in [0.05, 0.1) is 17.2 Å². The van der Waals surface area contributed by atoms with Crippen molar-refractivity contribution in [2.75, 3.05) is 10.6 Å². The van der Waals surface area contributed by atoms with Gasteiger partial charge in [-0.1, -0.05) is 20.8 Å². The van der Waals surface area contributed by atoms with Crippen LogP contribution >= 0.6 is 0 Å². The van der Waals surface area contributed by atoms with Crippen LogP contribution in [0.25, 0.3) is 6.08 Å². The Balaban J connectivity index is 1.83. The van der Waals surface area contributed by atoms with E-state index in [9.17, 15) is 10.1 Å². The maximum atomic E-state index is 12.5. The van der Waals surface area contributed by atoms with Crippen LogP contribution in [0, 0.1) is 41.9 Å². The van der Waals surface area contributed by atoms with Crippen LogP contribution in [0.15, 0.2) is 54.2 Å². The summed E-state index contributed by atoms with van der Waals surface area (Å²) in [6.07, 6.45) is 3.29. The number of Topliss-reactive ketones (excluding diaryl/α,β-unsaturated/α-hetero) is 1. The van der Waals surface area contributed by atoms with Crippen LogP contribution in [-0.4, -0.2) is 15.8 Å². The van der Waals surface area contributed by atoms with Crippen LogP contribution < -0.4 is 10.6 Å². The number of nitriles is 2. The second-order valence-electron chi connectivity index (χ2n) is 8.98. The summed E-state index contributed by atoms with van der Waals surface area (Å²) in [6, 6.07) is 16.8. The number of allylic oxidation sites excluding steroid dienone is 1. The monoisotopic (exact) mass is 450 g/mol. The number of hydrogen-bond acceptors (Lipinski definition) is 7. The van der Waals surface area contributed by atoms with E-state index in [1.165, 1.54) is 0 Å². The van der Waals surface area contributed by atoms with Crippen molar-refractivity contribution in [1.29, 1.82) is 10.5 Å². The standard InChI is InChI=1S/C27H26N6O/c1-17-12-20(14-21(16-29)25(34)27(3,4)5)13-18(2)24(17)32-23-10-11-30-26(33-23)31-22-8-6-19(15-28)7-9-22/h6-14H,1-5H3,(H2,30,31,32,33). The summed E-state index contributed by atoms with van der Waals surface area (Å²) in [6.45, 7) is 9.32. The van der Waals surface area contributed by atoms with Crippen LogP contribution in [-0.2, 0) is 4.79 Å². The Morgan fingerprint density at radius 1 is 1.00 bits per heavy atom. The van der Waals surface area contributed by atoms with Crippen molar-refractivity contribution in [1.82, 2.24) is 9.97 Å². The van der Waals surface area contributed by atoms with E-state index in [1.54, 1.807) is 63.4 Å². The summed E-state index contributed by atoms with van der Waals surface area (Å²) >= 11 is 0. The maximum Gasteiger partial charge on any atom is 0.229 e. The molecule has 0 aliphatic heterocycles. The first-order valence-electron chi connectivity index (χ1n) is 10.8. The van der Waals surface area contributed by atoms with E-state index in [1.807, 2.05) is 32.0 Å². The highest BCUT2D eigenvalue weighted by Gasteiger charge is 2.25. The van der Waals surface area contributed by atoms with Gasteiger partial charge in [0.2, 0.25) is 5.95 Å². The summed E-state index contributed by atoms with van der Waals surface area (Å²) in [5, 5.41) is 24.9. The molecule has 0 saturated heterocycles. The predicted octanol–water partition coefficient (Wildman–Crippen LogP) is 5.97. The fraction of sp³-hybridized carbons (Fsp3) is 0.222. The van der Waals surface area contributed by atoms with Gasteiger partial charge in [0.25, 0.3) is 0 Å². The highest BCUT2D eigenvalue weighted by molar-refractivity contribution is 6.06. The topological polar surface area (TPSA) is 114 Å². The molecular formula is C27H26N6O. The van der Waals surface area contributed by atoms with Crippen LogP contribution in [0.1, 0.15) is 43.0 Å². The molecule has 0 unspecified atom stereocenters. The molecule has 170 valence electrons. The highest BCUT2D eigenvalue weighted by atomic mass is 16.1. The van der Waals surface area contributed by atoms with Gasteiger partial charge in [-0.3, -0.25) is 4.79 Å². The van der Waals surface area contributed by atoms with Gasteiger partial charge in [-0.05, 0) is 79.1 Å². The first-order chi connectivity index (χ1) is 16.1. The van der Waals surface area contributed by atoms with Gasteiger partial charge >= 0.3 is 0 Å². The number of benzene rings is 2. The van der Waals surface area contributed by atoms with Crippen LogP contribution in [0.2, 0.25) is 0 Å². The Bertz CT molecular complexity index is 1310. The Morgan fingerprint density at radius 2 is 1.65 bits per heavy atom. The van der Waals surface area contributed by atoms with Gasteiger partial charge in [-0.25, -0.2) is 4.98 Å². The van der Waals surface area contributed by atoms with Crippen molar-refractivity contribution in [3.8, 4) is 12.1 Å². The van der Waals surface area contributed by atoms with Gasteiger partial charge in [-0.15, -0.1) is 0 Å². The van der Waals surface area contributed by atoms with Crippen molar-refractivity contribution in [2.45, 2.75) is 34.6 Å². The van der Waals surface area contributed by atoms with E-state index in [2.05, 4.69) is 26.7 Å². The second kappa shape index (κ2) is 9.97. The number of nitrogens with zero attached hydrogens (tertiary/aromatic N) is 4. The Morgan fingerprint density at radius 3 is 2.21 bits per heavy atom. The fourth-order valence-electron chi connectivity index (χ4n) is 3.37. The van der Waals surface area contributed by atoms with Crippen LogP contribution in [0.4, 0.5) is 23.1 Å². The molecule has 0 aliphatic rings. The zero-order chi connectivity index (χ0) is 24.9. The minimum Gasteiger partial charge on any atom is -0.340 e. The van der Waals surface area contributed by atoms with Gasteiger partial charge in [0, 0.05) is 23.0 Å². The van der Waals surface area contributed by atoms with Crippen molar-refractivity contribution in [2.24, 2.45) is 5.41 Å². The molecule has 7 heteroatoms. The number of carbonyl (C=O) groups excluding carboxylic acids is 1. The molecule has 1 heterocycles. The Kier molecular flexibility index (Phi) is 7.09. The van der Waals surface area contributed by atoms with E-state index in [4.69, 9.17) is 5.26 Å². The average molecular weight is 451 g/mol. The zero-order valence-corrected chi connectivity index (χ0v) is 19.9. The van der Waals surface area contributed by atoms with E-state index < -0.39 is 5.41 Å². The summed E-state index contributed by atoms with van der Waals surface area (Å²) < 4.78 is 0. The molecule has 2 aromatic carbocycles. The first kappa shape index (κ1) is 24.2. The van der Waals surface area contributed by atoms with Crippen LogP contribution in [0.3, 0.4) is 0 Å². The first-order valence-corrected chi connectivity index (χ1v) is 10.8. The lowest BCUT2D eigenvalue weighted by atomic mass is 9.86. The lowest BCUT2D eigenvalue weighted by Gasteiger charge is -2.16. The minimum atomic E-state index is -0.621. The Hall–Kier alpha value is -4.49. The van der Waals surface area contributed by atoms with Crippen LogP contribution in [0.5, 0.6) is 0 Å². The lowest BCUT2D eigenvalue weighted by Crippen LogP contribution is -2.21. The minimum absolute atomic E-state index is 0.140. The predicted molar refractivity (Wildman–Crippen MR) is 134 cm³/mol. The van der Waals surface area contributed by atoms with Crippen molar-refractivity contribution < 1.29 is 4.79 Å². The molecule has 0 saturated carbocycles. The van der Waals surface area contributed by atoms with Gasteiger partial charge in [0.15, 0.2) is 5.78 Å². The molecule has 7 nitrogen and oxygen atoms in total. The van der Waals surface area contributed by atoms with Gasteiger partial charge in [0.1, 0.15) is 11.9 Å². The van der Waals surface area contributed by atoms with Crippen molar-refractivity contribution in [3.05, 3.63) is 76.5 Å². The van der Waals surface area contributed by atoms with E-state index in [-0.39, 0.29) is 11.4 Å². The molecule has 0 aliphatic carbocycles. The third-order valence-corrected chi connectivity index (χ3v) is 5.09. The van der Waals surface area contributed by atoms with Crippen molar-refractivity contribution >= 4 is 35.0 Å². The number of anilines is 4. The summed E-state index contributed by atoms with van der Waals surface area (Å²) in [5.74, 6) is 0.848. The molecule has 1 aromatic heterocycles. The molecule has 34 heavy (non-hydrogen) atoms. The molecular weight excluding hydrogens is 424 g/mol. The normalized spacial score (nSPS) is 11.3. The lowest BCUT2D eigenvalue weighted by molar-refractivity contribution is -0.121. The van der Waals surface area contributed by atoms with Gasteiger partial charge < -0.3 is 10.6 Å². The maximum absolute atomic E-state index is 12.5. The number of nitrogens with one attached hydrogen (secondary N) is 2.